The molecule has 39 heavy (non-hydrogen) atoms. The number of carbonyl (C=O) groups excluding carboxylic acids is 1. The molecule has 6 nitrogen and oxygen atoms in total. The minimum absolute atomic E-state index is 0.110. The Morgan fingerprint density at radius 1 is 1.15 bits per heavy atom. The van der Waals surface area contributed by atoms with Crippen LogP contribution in [-0.2, 0) is 12.7 Å². The molecule has 10 heteroatoms. The van der Waals surface area contributed by atoms with E-state index < -0.39 is 29.7 Å². The SMILES string of the molecule is C[C@H](CO)N1C[C@H](C)[C@H](CN(C)Cc2cccc(C(F)(F)F)c2)Oc2ncc(-c3cccc(F)c3)cc2C1=O. The second kappa shape index (κ2) is 11.7. The van der Waals surface area contributed by atoms with Gasteiger partial charge < -0.3 is 14.7 Å². The summed E-state index contributed by atoms with van der Waals surface area (Å²) in [5.74, 6) is -0.862. The molecule has 1 amide bonds. The summed E-state index contributed by atoms with van der Waals surface area (Å²) < 4.78 is 59.6. The number of aromatic nitrogens is 1. The van der Waals surface area contributed by atoms with Crippen LogP contribution in [0.15, 0.2) is 60.8 Å². The van der Waals surface area contributed by atoms with E-state index in [4.69, 9.17) is 4.74 Å². The molecule has 4 rings (SSSR count). The van der Waals surface area contributed by atoms with Crippen molar-refractivity contribution in [1.82, 2.24) is 14.8 Å². The molecule has 1 aromatic heterocycles. The van der Waals surface area contributed by atoms with Crippen LogP contribution < -0.4 is 4.74 Å². The van der Waals surface area contributed by atoms with Gasteiger partial charge >= 0.3 is 6.18 Å². The number of amides is 1. The molecule has 208 valence electrons. The zero-order valence-electron chi connectivity index (χ0n) is 22.0. The van der Waals surface area contributed by atoms with E-state index >= 15 is 0 Å². The minimum Gasteiger partial charge on any atom is -0.472 e. The number of rotatable bonds is 7. The highest BCUT2D eigenvalue weighted by Crippen LogP contribution is 2.32. The summed E-state index contributed by atoms with van der Waals surface area (Å²) in [6, 6.07) is 12.3. The van der Waals surface area contributed by atoms with Crippen LogP contribution in [0.2, 0.25) is 0 Å². The summed E-state index contributed by atoms with van der Waals surface area (Å²) in [5, 5.41) is 9.85. The van der Waals surface area contributed by atoms with Gasteiger partial charge in [-0.15, -0.1) is 0 Å². The van der Waals surface area contributed by atoms with Gasteiger partial charge in [-0.25, -0.2) is 9.37 Å². The van der Waals surface area contributed by atoms with Gasteiger partial charge in [-0.2, -0.15) is 13.2 Å². The largest absolute Gasteiger partial charge is 0.472 e. The van der Waals surface area contributed by atoms with E-state index in [0.29, 0.717) is 23.2 Å². The highest BCUT2D eigenvalue weighted by atomic mass is 19.4. The van der Waals surface area contributed by atoms with Crippen LogP contribution in [0.4, 0.5) is 17.6 Å². The number of nitrogens with zero attached hydrogens (tertiary/aromatic N) is 3. The summed E-state index contributed by atoms with van der Waals surface area (Å²) in [4.78, 5) is 21.4. The lowest BCUT2D eigenvalue weighted by atomic mass is 9.99. The van der Waals surface area contributed by atoms with E-state index in [9.17, 15) is 27.5 Å². The van der Waals surface area contributed by atoms with Gasteiger partial charge in [0.2, 0.25) is 5.88 Å². The van der Waals surface area contributed by atoms with Gasteiger partial charge in [0.15, 0.2) is 0 Å². The lowest BCUT2D eigenvalue weighted by Crippen LogP contribution is -2.49. The first-order chi connectivity index (χ1) is 18.5. The normalized spacial score (nSPS) is 18.8. The van der Waals surface area contributed by atoms with Crippen LogP contribution in [0, 0.1) is 11.7 Å². The molecule has 0 saturated carbocycles. The molecule has 2 aromatic carbocycles. The molecule has 3 atom stereocenters. The molecule has 0 fully saturated rings. The number of aliphatic hydroxyl groups excluding tert-OH is 1. The lowest BCUT2D eigenvalue weighted by Gasteiger charge is -2.37. The molecule has 0 radical (unpaired) electrons. The third kappa shape index (κ3) is 6.75. The van der Waals surface area contributed by atoms with E-state index in [0.717, 1.165) is 12.1 Å². The van der Waals surface area contributed by atoms with Gasteiger partial charge in [0, 0.05) is 37.3 Å². The van der Waals surface area contributed by atoms with Gasteiger partial charge in [0.1, 0.15) is 17.5 Å². The van der Waals surface area contributed by atoms with E-state index in [1.54, 1.807) is 43.1 Å². The molecule has 0 bridgehead atoms. The third-order valence-corrected chi connectivity index (χ3v) is 6.88. The van der Waals surface area contributed by atoms with Crippen LogP contribution in [0.1, 0.15) is 35.3 Å². The highest BCUT2D eigenvalue weighted by molar-refractivity contribution is 5.98. The van der Waals surface area contributed by atoms with Crippen LogP contribution in [-0.4, -0.2) is 64.7 Å². The fourth-order valence-electron chi connectivity index (χ4n) is 4.68. The summed E-state index contributed by atoms with van der Waals surface area (Å²) in [5.41, 5.74) is 1.08. The maximum absolute atomic E-state index is 13.8. The van der Waals surface area contributed by atoms with Gasteiger partial charge in [0.05, 0.1) is 18.2 Å². The Bertz CT molecular complexity index is 1320. The van der Waals surface area contributed by atoms with Gasteiger partial charge in [-0.1, -0.05) is 37.3 Å². The van der Waals surface area contributed by atoms with Crippen molar-refractivity contribution in [3.63, 3.8) is 0 Å². The molecule has 0 saturated heterocycles. The highest BCUT2D eigenvalue weighted by Gasteiger charge is 2.35. The molecule has 2 heterocycles. The molecular weight excluding hydrogens is 514 g/mol. The average Bonchev–Trinajstić information content (AvgIpc) is 2.89. The monoisotopic (exact) mass is 545 g/mol. The zero-order chi connectivity index (χ0) is 28.3. The van der Waals surface area contributed by atoms with Crippen molar-refractivity contribution in [2.24, 2.45) is 5.92 Å². The number of likely N-dealkylation sites (N-methyl/N-ethyl adjacent to an activating group) is 1. The maximum Gasteiger partial charge on any atom is 0.416 e. The lowest BCUT2D eigenvalue weighted by molar-refractivity contribution is -0.137. The number of halogens is 4. The Hall–Kier alpha value is -3.50. The van der Waals surface area contributed by atoms with Crippen LogP contribution in [0.3, 0.4) is 0 Å². The standard InChI is InChI=1S/C29H31F4N3O3/c1-18-14-36(19(2)17-37)28(38)25-12-22(21-7-5-9-24(30)11-21)13-34-27(25)39-26(18)16-35(3)15-20-6-4-8-23(10-20)29(31,32)33/h4-13,18-19,26,37H,14-17H2,1-3H3/t18-,19+,26-/m0/s1. The number of benzene rings is 2. The smallest absolute Gasteiger partial charge is 0.416 e. The van der Waals surface area contributed by atoms with Crippen molar-refractivity contribution in [1.29, 1.82) is 0 Å². The minimum atomic E-state index is -4.43. The average molecular weight is 546 g/mol. The number of ether oxygens (including phenoxy) is 1. The second-order valence-electron chi connectivity index (χ2n) is 10.1. The van der Waals surface area contributed by atoms with E-state index in [1.807, 2.05) is 11.8 Å². The second-order valence-corrected chi connectivity index (χ2v) is 10.1. The summed E-state index contributed by atoms with van der Waals surface area (Å²) in [7, 11) is 1.79. The third-order valence-electron chi connectivity index (χ3n) is 6.88. The molecule has 3 aromatic rings. The Labute approximate surface area is 224 Å². The van der Waals surface area contributed by atoms with Crippen LogP contribution in [0.5, 0.6) is 5.88 Å². The first kappa shape index (κ1) is 28.5. The fraction of sp³-hybridized carbons (Fsp3) is 0.379. The Balaban J connectivity index is 1.63. The number of pyridine rings is 1. The number of hydrogen-bond donors (Lipinski definition) is 1. The molecule has 0 aliphatic carbocycles. The number of carbonyl (C=O) groups is 1. The summed E-state index contributed by atoms with van der Waals surface area (Å²) in [6.07, 6.45) is -3.38. The summed E-state index contributed by atoms with van der Waals surface area (Å²) in [6.45, 7) is 4.30. The van der Waals surface area contributed by atoms with Gasteiger partial charge in [-0.3, -0.25) is 9.69 Å². The van der Waals surface area contributed by atoms with Crippen molar-refractivity contribution in [3.8, 4) is 17.0 Å². The van der Waals surface area contributed by atoms with Crippen molar-refractivity contribution in [2.45, 2.75) is 38.7 Å². The molecule has 0 unspecified atom stereocenters. The van der Waals surface area contributed by atoms with Crippen molar-refractivity contribution in [2.75, 3.05) is 26.7 Å². The molecule has 1 N–H and O–H groups in total. The maximum atomic E-state index is 13.8. The number of hydrogen-bond acceptors (Lipinski definition) is 5. The van der Waals surface area contributed by atoms with Crippen molar-refractivity contribution >= 4 is 5.91 Å². The zero-order valence-corrected chi connectivity index (χ0v) is 22.0. The quantitative estimate of drug-likeness (QED) is 0.411. The predicted molar refractivity (Wildman–Crippen MR) is 139 cm³/mol. The number of fused-ring (bicyclic) bond motifs is 1. The predicted octanol–water partition coefficient (Wildman–Crippen LogP) is 5.26. The number of alkyl halides is 3. The van der Waals surface area contributed by atoms with E-state index in [2.05, 4.69) is 4.98 Å². The van der Waals surface area contributed by atoms with Crippen molar-refractivity contribution in [3.05, 3.63) is 83.3 Å². The molecule has 1 aliphatic rings. The van der Waals surface area contributed by atoms with Crippen molar-refractivity contribution < 1.29 is 32.2 Å². The topological polar surface area (TPSA) is 65.9 Å². The van der Waals surface area contributed by atoms with Gasteiger partial charge in [0.25, 0.3) is 5.91 Å². The molecule has 1 aliphatic heterocycles. The Morgan fingerprint density at radius 3 is 2.59 bits per heavy atom. The molecule has 0 spiro atoms. The van der Waals surface area contributed by atoms with Crippen LogP contribution in [0.25, 0.3) is 11.1 Å². The Morgan fingerprint density at radius 2 is 1.90 bits per heavy atom. The van der Waals surface area contributed by atoms with E-state index in [-0.39, 0.29) is 43.0 Å². The first-order valence-electron chi connectivity index (χ1n) is 12.7. The molecular formula is C29H31F4N3O3. The number of aliphatic hydroxyl groups is 1. The summed E-state index contributed by atoms with van der Waals surface area (Å²) >= 11 is 0. The van der Waals surface area contributed by atoms with Gasteiger partial charge in [-0.05, 0) is 49.4 Å². The van der Waals surface area contributed by atoms with Crippen LogP contribution >= 0.6 is 0 Å². The van der Waals surface area contributed by atoms with E-state index in [1.165, 1.54) is 24.4 Å². The first-order valence-corrected chi connectivity index (χ1v) is 12.7. The fourth-order valence-corrected chi connectivity index (χ4v) is 4.68. The Kier molecular flexibility index (Phi) is 8.56.